The molecule has 2 aromatic heterocycles. The molecule has 0 atom stereocenters. The first-order valence-electron chi connectivity index (χ1n) is 9.93. The first-order valence-corrected chi connectivity index (χ1v) is 9.93. The fourth-order valence-corrected chi connectivity index (χ4v) is 4.52. The Kier molecular flexibility index (Phi) is 6.42. The van der Waals surface area contributed by atoms with Gasteiger partial charge in [0.15, 0.2) is 5.43 Å². The van der Waals surface area contributed by atoms with Gasteiger partial charge >= 0.3 is 0 Å². The van der Waals surface area contributed by atoms with Crippen molar-refractivity contribution >= 4 is 16.8 Å². The Morgan fingerprint density at radius 2 is 1.54 bits per heavy atom. The number of primary amides is 1. The first-order chi connectivity index (χ1) is 12.7. The van der Waals surface area contributed by atoms with Crippen molar-refractivity contribution in [3.05, 3.63) is 40.4 Å². The van der Waals surface area contributed by atoms with Gasteiger partial charge in [-0.15, -0.1) is 0 Å². The van der Waals surface area contributed by atoms with Crippen LogP contribution >= 0.6 is 0 Å². The van der Waals surface area contributed by atoms with Crippen LogP contribution in [0.25, 0.3) is 10.9 Å². The lowest BCUT2D eigenvalue weighted by molar-refractivity contribution is 0.0997. The van der Waals surface area contributed by atoms with Crippen molar-refractivity contribution in [1.29, 1.82) is 0 Å². The van der Waals surface area contributed by atoms with E-state index in [2.05, 4.69) is 9.97 Å². The summed E-state index contributed by atoms with van der Waals surface area (Å²) in [6.45, 7) is 0. The number of H-pyrrole nitrogens is 1. The molecule has 0 radical (unpaired) electrons. The van der Waals surface area contributed by atoms with E-state index in [1.165, 1.54) is 57.0 Å². The number of aromatic amines is 1. The molecule has 2 aliphatic rings. The van der Waals surface area contributed by atoms with Crippen molar-refractivity contribution < 1.29 is 4.79 Å². The number of fused-ring (bicyclic) bond motifs is 1. The maximum atomic E-state index is 11.4. The molecule has 0 aromatic carbocycles. The minimum absolute atomic E-state index is 0.00403. The van der Waals surface area contributed by atoms with Gasteiger partial charge in [0.2, 0.25) is 0 Å². The van der Waals surface area contributed by atoms with Crippen LogP contribution in [-0.2, 0) is 0 Å². The molecule has 2 aromatic rings. The highest BCUT2D eigenvalue weighted by molar-refractivity contribution is 6.03. The van der Waals surface area contributed by atoms with E-state index < -0.39 is 5.91 Å². The van der Waals surface area contributed by atoms with E-state index in [0.717, 1.165) is 11.8 Å². The van der Waals surface area contributed by atoms with Crippen molar-refractivity contribution in [3.63, 3.8) is 0 Å². The number of nitrogens with one attached hydrogen (secondary N) is 1. The van der Waals surface area contributed by atoms with E-state index in [0.29, 0.717) is 5.52 Å². The van der Waals surface area contributed by atoms with E-state index in [1.807, 2.05) is 0 Å². The van der Waals surface area contributed by atoms with Crippen molar-refractivity contribution in [1.82, 2.24) is 9.97 Å². The summed E-state index contributed by atoms with van der Waals surface area (Å²) in [7, 11) is 0. The SMILES string of the molecule is C1CCC(C2CCCCC2)CC1.NC(=O)c1nccc2[nH]ccc(=O)c12. The zero-order chi connectivity index (χ0) is 18.4. The monoisotopic (exact) mass is 355 g/mol. The Balaban J connectivity index is 0.000000152. The smallest absolute Gasteiger partial charge is 0.268 e. The van der Waals surface area contributed by atoms with Crippen molar-refractivity contribution in [2.24, 2.45) is 17.6 Å². The molecule has 2 saturated carbocycles. The second-order valence-corrected chi connectivity index (χ2v) is 7.58. The van der Waals surface area contributed by atoms with Crippen LogP contribution in [0.3, 0.4) is 0 Å². The van der Waals surface area contributed by atoms with Gasteiger partial charge < -0.3 is 10.7 Å². The van der Waals surface area contributed by atoms with E-state index in [9.17, 15) is 9.59 Å². The number of nitrogens with two attached hydrogens (primary N) is 1. The molecule has 0 unspecified atom stereocenters. The number of amides is 1. The minimum Gasteiger partial charge on any atom is -0.364 e. The Hall–Kier alpha value is -2.17. The van der Waals surface area contributed by atoms with Crippen molar-refractivity contribution in [2.75, 3.05) is 0 Å². The quantitative estimate of drug-likeness (QED) is 0.847. The summed E-state index contributed by atoms with van der Waals surface area (Å²) in [4.78, 5) is 29.0. The molecule has 0 bridgehead atoms. The summed E-state index contributed by atoms with van der Waals surface area (Å²) in [6.07, 6.45) is 18.3. The fourth-order valence-electron chi connectivity index (χ4n) is 4.52. The molecule has 0 saturated heterocycles. The largest absolute Gasteiger partial charge is 0.364 e. The van der Waals surface area contributed by atoms with Crippen LogP contribution in [0.4, 0.5) is 0 Å². The van der Waals surface area contributed by atoms with Gasteiger partial charge in [0, 0.05) is 18.5 Å². The molecule has 1 amide bonds. The van der Waals surface area contributed by atoms with E-state index in [-0.39, 0.29) is 16.5 Å². The van der Waals surface area contributed by atoms with Gasteiger partial charge in [-0.2, -0.15) is 0 Å². The summed E-state index contributed by atoms with van der Waals surface area (Å²) in [5, 5.41) is 0.238. The molecule has 5 heteroatoms. The van der Waals surface area contributed by atoms with Gasteiger partial charge in [-0.05, 0) is 17.9 Å². The zero-order valence-corrected chi connectivity index (χ0v) is 15.4. The third kappa shape index (κ3) is 4.51. The summed E-state index contributed by atoms with van der Waals surface area (Å²) in [5.74, 6) is 1.57. The lowest BCUT2D eigenvalue weighted by Crippen LogP contribution is -2.20. The van der Waals surface area contributed by atoms with Crippen LogP contribution in [0.2, 0.25) is 0 Å². The fraction of sp³-hybridized carbons (Fsp3) is 0.571. The van der Waals surface area contributed by atoms with E-state index in [1.54, 1.807) is 31.7 Å². The molecule has 0 spiro atoms. The molecular formula is C21H29N3O2. The summed E-state index contributed by atoms with van der Waals surface area (Å²) >= 11 is 0. The number of nitrogens with zero attached hydrogens (tertiary/aromatic N) is 1. The van der Waals surface area contributed by atoms with E-state index in [4.69, 9.17) is 5.73 Å². The van der Waals surface area contributed by atoms with Crippen LogP contribution in [0, 0.1) is 11.8 Å². The molecule has 26 heavy (non-hydrogen) atoms. The zero-order valence-electron chi connectivity index (χ0n) is 15.4. The topological polar surface area (TPSA) is 88.8 Å². The highest BCUT2D eigenvalue weighted by Crippen LogP contribution is 2.37. The van der Waals surface area contributed by atoms with Crippen LogP contribution in [0.15, 0.2) is 29.3 Å². The van der Waals surface area contributed by atoms with Crippen molar-refractivity contribution in [2.45, 2.75) is 64.2 Å². The number of rotatable bonds is 2. The average Bonchev–Trinajstić information content (AvgIpc) is 2.70. The predicted molar refractivity (Wildman–Crippen MR) is 104 cm³/mol. The number of carbonyl (C=O) groups excluding carboxylic acids is 1. The molecule has 3 N–H and O–H groups in total. The normalized spacial score (nSPS) is 18.9. The van der Waals surface area contributed by atoms with Gasteiger partial charge in [-0.3, -0.25) is 14.6 Å². The molecule has 5 nitrogen and oxygen atoms in total. The second kappa shape index (κ2) is 8.97. The summed E-state index contributed by atoms with van der Waals surface area (Å²) < 4.78 is 0. The Morgan fingerprint density at radius 3 is 2.08 bits per heavy atom. The van der Waals surface area contributed by atoms with Crippen LogP contribution < -0.4 is 11.2 Å². The van der Waals surface area contributed by atoms with Crippen LogP contribution in [0.1, 0.15) is 74.7 Å². The highest BCUT2D eigenvalue weighted by Gasteiger charge is 2.24. The van der Waals surface area contributed by atoms with E-state index >= 15 is 0 Å². The molecule has 2 aliphatic carbocycles. The lowest BCUT2D eigenvalue weighted by Gasteiger charge is -2.32. The minimum atomic E-state index is -0.702. The summed E-state index contributed by atoms with van der Waals surface area (Å²) in [5.41, 5.74) is 5.39. The van der Waals surface area contributed by atoms with Crippen LogP contribution in [-0.4, -0.2) is 15.9 Å². The first kappa shape index (κ1) is 18.6. The standard InChI is InChI=1S/C12H22.C9H7N3O2/c1-3-7-11(8-4-1)12-9-5-2-6-10-12;10-9(14)8-7-5(1-3-12-8)11-4-2-6(7)13/h11-12H,1-10H2;1-4H,(H2,10,14)(H,11,13). The molecule has 2 heterocycles. The average molecular weight is 355 g/mol. The van der Waals surface area contributed by atoms with Gasteiger partial charge in [0.05, 0.1) is 10.9 Å². The third-order valence-electron chi connectivity index (χ3n) is 5.87. The number of hydrogen-bond acceptors (Lipinski definition) is 3. The van der Waals surface area contributed by atoms with Gasteiger partial charge in [-0.1, -0.05) is 64.2 Å². The second-order valence-electron chi connectivity index (χ2n) is 7.58. The summed E-state index contributed by atoms with van der Waals surface area (Å²) in [6, 6.07) is 2.94. The third-order valence-corrected chi connectivity index (χ3v) is 5.87. The molecule has 140 valence electrons. The maximum Gasteiger partial charge on any atom is 0.268 e. The Bertz CT molecular complexity index is 766. The number of carbonyl (C=O) groups is 1. The maximum absolute atomic E-state index is 11.4. The molecular weight excluding hydrogens is 326 g/mol. The Labute approximate surface area is 154 Å². The predicted octanol–water partition coefficient (Wildman–Crippen LogP) is 4.17. The highest BCUT2D eigenvalue weighted by atomic mass is 16.1. The molecule has 4 rings (SSSR count). The molecule has 2 fully saturated rings. The Morgan fingerprint density at radius 1 is 0.962 bits per heavy atom. The number of pyridine rings is 2. The van der Waals surface area contributed by atoms with Gasteiger partial charge in [-0.25, -0.2) is 0 Å². The van der Waals surface area contributed by atoms with Crippen molar-refractivity contribution in [3.8, 4) is 0 Å². The number of aromatic nitrogens is 2. The molecule has 0 aliphatic heterocycles. The lowest BCUT2D eigenvalue weighted by atomic mass is 9.73. The number of hydrogen-bond donors (Lipinski definition) is 2. The van der Waals surface area contributed by atoms with Gasteiger partial charge in [0.1, 0.15) is 5.69 Å². The van der Waals surface area contributed by atoms with Gasteiger partial charge in [0.25, 0.3) is 5.91 Å². The van der Waals surface area contributed by atoms with Crippen LogP contribution in [0.5, 0.6) is 0 Å².